The molecule has 0 heterocycles. The average molecular weight is 503 g/mol. The van der Waals surface area contributed by atoms with Crippen molar-refractivity contribution in [2.75, 3.05) is 27.7 Å². The van der Waals surface area contributed by atoms with Gasteiger partial charge in [-0.2, -0.15) is 0 Å². The molecule has 0 aliphatic carbocycles. The minimum absolute atomic E-state index is 0.0554. The normalized spacial score (nSPS) is 14.9. The second-order valence-electron chi connectivity index (χ2n) is 11.1. The number of aliphatic hydroxyl groups is 1. The molecule has 0 aromatic carbocycles. The summed E-state index contributed by atoms with van der Waals surface area (Å²) in [7, 11) is 0.963. The molecule has 0 saturated heterocycles. The summed E-state index contributed by atoms with van der Waals surface area (Å²) in [5.74, 6) is 0. The Labute approximate surface area is 211 Å². The second kappa shape index (κ2) is 19.7. The smallest absolute Gasteiger partial charge is 0.362 e. The summed E-state index contributed by atoms with van der Waals surface area (Å²) >= 11 is 0. The minimum Gasteiger partial charge on any atom is -0.373 e. The Kier molecular flexibility index (Phi) is 19.4. The molecule has 202 valence electrons. The SMILES string of the molecule is CCCCCC/C=C\CCCCC/C=C\CCCCCCCCC(O)(C[N+](C)(C)C)P(=O)(O)O. The van der Waals surface area contributed by atoms with Gasteiger partial charge in [0.15, 0.2) is 0 Å². The lowest BCUT2D eigenvalue weighted by Crippen LogP contribution is -2.49. The van der Waals surface area contributed by atoms with E-state index in [4.69, 9.17) is 0 Å². The number of rotatable bonds is 23. The van der Waals surface area contributed by atoms with Crippen LogP contribution in [0.2, 0.25) is 0 Å². The predicted octanol–water partition coefficient (Wildman–Crippen LogP) is 7.71. The molecule has 0 aliphatic heterocycles. The molecule has 34 heavy (non-hydrogen) atoms. The van der Waals surface area contributed by atoms with Crippen LogP contribution in [-0.4, -0.2) is 52.4 Å². The third-order valence-corrected chi connectivity index (χ3v) is 7.72. The lowest BCUT2D eigenvalue weighted by molar-refractivity contribution is -0.875. The quantitative estimate of drug-likeness (QED) is 0.0578. The first-order chi connectivity index (χ1) is 16.0. The van der Waals surface area contributed by atoms with E-state index in [0.717, 1.165) is 25.7 Å². The van der Waals surface area contributed by atoms with Gasteiger partial charge in [0.25, 0.3) is 0 Å². The highest BCUT2D eigenvalue weighted by atomic mass is 31.2. The van der Waals surface area contributed by atoms with Gasteiger partial charge >= 0.3 is 7.60 Å². The van der Waals surface area contributed by atoms with Crippen LogP contribution in [-0.2, 0) is 4.57 Å². The van der Waals surface area contributed by atoms with E-state index in [2.05, 4.69) is 31.2 Å². The Morgan fingerprint density at radius 2 is 1.00 bits per heavy atom. The number of quaternary nitrogens is 1. The largest absolute Gasteiger partial charge is 0.373 e. The summed E-state index contributed by atoms with van der Waals surface area (Å²) in [6.07, 6.45) is 29.8. The Morgan fingerprint density at radius 3 is 1.38 bits per heavy atom. The number of hydrogen-bond acceptors (Lipinski definition) is 2. The van der Waals surface area contributed by atoms with Gasteiger partial charge in [-0.3, -0.25) is 4.57 Å². The molecule has 0 amide bonds. The number of likely N-dealkylation sites (N-methyl/N-ethyl adjacent to an activating group) is 1. The van der Waals surface area contributed by atoms with Crippen molar-refractivity contribution in [1.29, 1.82) is 0 Å². The van der Waals surface area contributed by atoms with Gasteiger partial charge in [0.2, 0.25) is 5.34 Å². The third-order valence-electron chi connectivity index (χ3n) is 6.27. The van der Waals surface area contributed by atoms with Crippen LogP contribution in [0.25, 0.3) is 0 Å². The molecule has 0 saturated carbocycles. The summed E-state index contributed by atoms with van der Waals surface area (Å²) < 4.78 is 12.1. The first-order valence-electron chi connectivity index (χ1n) is 13.9. The maximum absolute atomic E-state index is 11.8. The Morgan fingerprint density at radius 1 is 0.647 bits per heavy atom. The van der Waals surface area contributed by atoms with Gasteiger partial charge in [-0.15, -0.1) is 0 Å². The summed E-state index contributed by atoms with van der Waals surface area (Å²) in [5, 5.41) is 8.64. The van der Waals surface area contributed by atoms with Crippen molar-refractivity contribution in [3.63, 3.8) is 0 Å². The summed E-state index contributed by atoms with van der Waals surface area (Å²) in [6.45, 7) is 2.31. The zero-order chi connectivity index (χ0) is 25.8. The molecular formula is C28H57NO4P+. The van der Waals surface area contributed by atoms with Crippen LogP contribution in [0.1, 0.15) is 122 Å². The van der Waals surface area contributed by atoms with Crippen molar-refractivity contribution in [3.05, 3.63) is 24.3 Å². The molecule has 0 radical (unpaired) electrons. The van der Waals surface area contributed by atoms with E-state index >= 15 is 0 Å². The Balaban J connectivity index is 3.61. The zero-order valence-electron chi connectivity index (χ0n) is 22.9. The van der Waals surface area contributed by atoms with E-state index in [9.17, 15) is 19.5 Å². The van der Waals surface area contributed by atoms with Crippen LogP contribution < -0.4 is 0 Å². The first-order valence-corrected chi connectivity index (χ1v) is 15.5. The van der Waals surface area contributed by atoms with E-state index in [1.165, 1.54) is 77.0 Å². The van der Waals surface area contributed by atoms with Gasteiger partial charge in [0, 0.05) is 0 Å². The fraction of sp³-hybridized carbons (Fsp3) is 0.857. The highest BCUT2D eigenvalue weighted by Crippen LogP contribution is 2.52. The van der Waals surface area contributed by atoms with Crippen molar-refractivity contribution >= 4 is 7.60 Å². The second-order valence-corrected chi connectivity index (χ2v) is 13.0. The molecule has 6 heteroatoms. The minimum atomic E-state index is -4.55. The van der Waals surface area contributed by atoms with Gasteiger partial charge in [-0.25, -0.2) is 0 Å². The molecule has 0 spiro atoms. The molecule has 0 aliphatic rings. The molecule has 5 nitrogen and oxygen atoms in total. The lowest BCUT2D eigenvalue weighted by Gasteiger charge is -2.35. The van der Waals surface area contributed by atoms with Crippen molar-refractivity contribution in [3.8, 4) is 0 Å². The maximum Gasteiger partial charge on any atom is 0.362 e. The van der Waals surface area contributed by atoms with Crippen LogP contribution >= 0.6 is 7.60 Å². The van der Waals surface area contributed by atoms with Crippen LogP contribution in [0, 0.1) is 0 Å². The molecule has 0 aromatic heterocycles. The molecule has 0 aromatic rings. The highest BCUT2D eigenvalue weighted by Gasteiger charge is 2.48. The van der Waals surface area contributed by atoms with Gasteiger partial charge in [-0.05, 0) is 64.2 Å². The summed E-state index contributed by atoms with van der Waals surface area (Å²) in [4.78, 5) is 19.2. The first kappa shape index (κ1) is 33.5. The van der Waals surface area contributed by atoms with Crippen molar-refractivity contribution in [2.45, 2.75) is 128 Å². The highest BCUT2D eigenvalue weighted by molar-refractivity contribution is 7.53. The van der Waals surface area contributed by atoms with Gasteiger partial charge < -0.3 is 19.4 Å². The number of unbranched alkanes of at least 4 members (excludes halogenated alkanes) is 14. The fourth-order valence-corrected chi connectivity index (χ4v) is 5.37. The molecule has 0 bridgehead atoms. The standard InChI is InChI=1S/C28H56NO4P/c1-5-6-7-8-9-10-11-12-13-14-15-16-17-18-19-20-21-22-23-24-25-26-28(30,34(31,32)33)27-29(2,3)4/h10-11,17-18,30H,5-9,12-16,19-27H2,1-4H3,(H-,31,32,33)/p+1/b11-10-,18-17-. The van der Waals surface area contributed by atoms with Crippen molar-refractivity contribution in [1.82, 2.24) is 0 Å². The van der Waals surface area contributed by atoms with E-state index in [1.54, 1.807) is 0 Å². The molecule has 3 N–H and O–H groups in total. The molecule has 0 fully saturated rings. The maximum atomic E-state index is 11.8. The number of nitrogens with zero attached hydrogens (tertiary/aromatic N) is 1. The van der Waals surface area contributed by atoms with Crippen LogP contribution in [0.5, 0.6) is 0 Å². The number of allylic oxidation sites excluding steroid dienone is 4. The summed E-state index contributed by atoms with van der Waals surface area (Å²) in [5.41, 5.74) is 0. The Bertz CT molecular complexity index is 579. The predicted molar refractivity (Wildman–Crippen MR) is 147 cm³/mol. The lowest BCUT2D eigenvalue weighted by atomic mass is 10.0. The van der Waals surface area contributed by atoms with Gasteiger partial charge in [0.1, 0.15) is 6.54 Å². The van der Waals surface area contributed by atoms with E-state index in [1.807, 2.05) is 21.1 Å². The van der Waals surface area contributed by atoms with Gasteiger partial charge in [-0.1, -0.05) is 82.6 Å². The van der Waals surface area contributed by atoms with E-state index < -0.39 is 12.9 Å². The van der Waals surface area contributed by atoms with Crippen molar-refractivity contribution < 1.29 is 23.9 Å². The van der Waals surface area contributed by atoms with Crippen LogP contribution in [0.15, 0.2) is 24.3 Å². The van der Waals surface area contributed by atoms with Crippen molar-refractivity contribution in [2.24, 2.45) is 0 Å². The third kappa shape index (κ3) is 19.8. The average Bonchev–Trinajstić information content (AvgIpc) is 2.73. The monoisotopic (exact) mass is 502 g/mol. The zero-order valence-corrected chi connectivity index (χ0v) is 23.8. The molecule has 1 unspecified atom stereocenters. The number of hydrogen-bond donors (Lipinski definition) is 3. The molecular weight excluding hydrogens is 445 g/mol. The van der Waals surface area contributed by atoms with E-state index in [-0.39, 0.29) is 13.0 Å². The fourth-order valence-electron chi connectivity index (χ4n) is 4.32. The molecule has 0 rings (SSSR count). The van der Waals surface area contributed by atoms with E-state index in [0.29, 0.717) is 10.9 Å². The van der Waals surface area contributed by atoms with Crippen LogP contribution in [0.4, 0.5) is 0 Å². The topological polar surface area (TPSA) is 77.8 Å². The van der Waals surface area contributed by atoms with Crippen LogP contribution in [0.3, 0.4) is 0 Å². The summed E-state index contributed by atoms with van der Waals surface area (Å²) in [6, 6.07) is 0. The van der Waals surface area contributed by atoms with Gasteiger partial charge in [0.05, 0.1) is 21.1 Å². The molecule has 1 atom stereocenters. The Hall–Kier alpha value is -0.450.